The highest BCUT2D eigenvalue weighted by molar-refractivity contribution is 5.11. The van der Waals surface area contributed by atoms with Gasteiger partial charge in [0.2, 0.25) is 0 Å². The van der Waals surface area contributed by atoms with Gasteiger partial charge in [-0.05, 0) is 30.2 Å². The Morgan fingerprint density at radius 2 is 1.90 bits per heavy atom. The molecule has 0 spiro atoms. The molecule has 0 N–H and O–H groups in total. The molecule has 3 rings (SSSR count). The summed E-state index contributed by atoms with van der Waals surface area (Å²) in [7, 11) is 0. The van der Waals surface area contributed by atoms with Crippen LogP contribution in [-0.2, 0) is 11.3 Å². The van der Waals surface area contributed by atoms with Crippen LogP contribution in [0.3, 0.4) is 0 Å². The first kappa shape index (κ1) is 14.2. The Balaban J connectivity index is 1.86. The molecule has 1 aliphatic rings. The van der Waals surface area contributed by atoms with E-state index in [4.69, 9.17) is 4.74 Å². The van der Waals surface area contributed by atoms with Gasteiger partial charge in [0.15, 0.2) is 6.23 Å². The molecule has 1 unspecified atom stereocenters. The summed E-state index contributed by atoms with van der Waals surface area (Å²) in [6, 6.07) is 12.4. The summed E-state index contributed by atoms with van der Waals surface area (Å²) < 4.78 is 6.03. The van der Waals surface area contributed by atoms with Crippen molar-refractivity contribution in [1.82, 2.24) is 14.9 Å². The number of hydrogen-bond donors (Lipinski definition) is 0. The van der Waals surface area contributed by atoms with Gasteiger partial charge in [-0.1, -0.05) is 26.0 Å². The fourth-order valence-corrected chi connectivity index (χ4v) is 2.79. The molecule has 0 bridgehead atoms. The molecule has 0 amide bonds. The minimum absolute atomic E-state index is 0.0828. The third-order valence-corrected chi connectivity index (χ3v) is 3.93. The Morgan fingerprint density at radius 3 is 2.52 bits per heavy atom. The van der Waals surface area contributed by atoms with Crippen LogP contribution in [0.1, 0.15) is 31.5 Å². The van der Waals surface area contributed by atoms with Gasteiger partial charge in [-0.3, -0.25) is 14.9 Å². The summed E-state index contributed by atoms with van der Waals surface area (Å²) in [5, 5.41) is 0. The van der Waals surface area contributed by atoms with Crippen LogP contribution in [0, 0.1) is 5.92 Å². The summed E-state index contributed by atoms with van der Waals surface area (Å²) in [6.07, 6.45) is 3.58. The highest BCUT2D eigenvalue weighted by atomic mass is 16.5. The van der Waals surface area contributed by atoms with Crippen LogP contribution in [0.25, 0.3) is 0 Å². The van der Waals surface area contributed by atoms with Crippen molar-refractivity contribution in [2.75, 3.05) is 6.61 Å². The van der Waals surface area contributed by atoms with Crippen LogP contribution >= 0.6 is 0 Å². The van der Waals surface area contributed by atoms with Crippen molar-refractivity contribution in [3.05, 3.63) is 60.2 Å². The second kappa shape index (κ2) is 6.33. The second-order valence-electron chi connectivity index (χ2n) is 5.75. The molecule has 21 heavy (non-hydrogen) atoms. The SMILES string of the molecule is CC(C)[C@H]1COC(c2ccccn2)N1Cc1ccccn1. The zero-order chi connectivity index (χ0) is 14.7. The van der Waals surface area contributed by atoms with E-state index >= 15 is 0 Å². The molecule has 3 heterocycles. The predicted molar refractivity (Wildman–Crippen MR) is 81.3 cm³/mol. The summed E-state index contributed by atoms with van der Waals surface area (Å²) in [6.45, 7) is 6.00. The van der Waals surface area contributed by atoms with E-state index in [0.29, 0.717) is 12.0 Å². The van der Waals surface area contributed by atoms with Crippen LogP contribution < -0.4 is 0 Å². The minimum atomic E-state index is -0.0828. The standard InChI is InChI=1S/C17H21N3O/c1-13(2)16-12-21-17(15-8-4-6-10-19-15)20(16)11-14-7-3-5-9-18-14/h3-10,13,16-17H,11-12H2,1-2H3/t16-,17?/m1/s1. The highest BCUT2D eigenvalue weighted by Gasteiger charge is 2.37. The monoisotopic (exact) mass is 283 g/mol. The number of nitrogens with zero attached hydrogens (tertiary/aromatic N) is 3. The van der Waals surface area contributed by atoms with Gasteiger partial charge in [0.05, 0.1) is 18.0 Å². The maximum absolute atomic E-state index is 6.03. The fraction of sp³-hybridized carbons (Fsp3) is 0.412. The molecular formula is C17H21N3O. The van der Waals surface area contributed by atoms with E-state index in [1.807, 2.05) is 42.7 Å². The molecule has 0 aromatic carbocycles. The number of aromatic nitrogens is 2. The largest absolute Gasteiger partial charge is 0.356 e. The zero-order valence-electron chi connectivity index (χ0n) is 12.5. The zero-order valence-corrected chi connectivity index (χ0v) is 12.5. The minimum Gasteiger partial charge on any atom is -0.356 e. The Labute approximate surface area is 125 Å². The third-order valence-electron chi connectivity index (χ3n) is 3.93. The average molecular weight is 283 g/mol. The molecule has 110 valence electrons. The highest BCUT2D eigenvalue weighted by Crippen LogP contribution is 2.33. The maximum atomic E-state index is 6.03. The quantitative estimate of drug-likeness (QED) is 0.864. The van der Waals surface area contributed by atoms with Gasteiger partial charge < -0.3 is 4.74 Å². The van der Waals surface area contributed by atoms with Gasteiger partial charge in [-0.15, -0.1) is 0 Å². The Hall–Kier alpha value is -1.78. The lowest BCUT2D eigenvalue weighted by Gasteiger charge is -2.29. The molecule has 2 aromatic heterocycles. The molecule has 0 aliphatic carbocycles. The summed E-state index contributed by atoms with van der Waals surface area (Å²) in [5.74, 6) is 0.530. The second-order valence-corrected chi connectivity index (χ2v) is 5.75. The normalized spacial score (nSPS) is 22.8. The van der Waals surface area contributed by atoms with Gasteiger partial charge in [0, 0.05) is 25.0 Å². The Morgan fingerprint density at radius 1 is 1.14 bits per heavy atom. The van der Waals surface area contributed by atoms with Crippen molar-refractivity contribution in [2.24, 2.45) is 5.92 Å². The first-order valence-corrected chi connectivity index (χ1v) is 7.44. The predicted octanol–water partition coefficient (Wildman–Crippen LogP) is 3.03. The lowest BCUT2D eigenvalue weighted by atomic mass is 10.0. The van der Waals surface area contributed by atoms with Crippen LogP contribution in [0.5, 0.6) is 0 Å². The summed E-state index contributed by atoms with van der Waals surface area (Å²) in [4.78, 5) is 11.3. The number of hydrogen-bond acceptors (Lipinski definition) is 4. The van der Waals surface area contributed by atoms with Crippen molar-refractivity contribution >= 4 is 0 Å². The van der Waals surface area contributed by atoms with E-state index in [-0.39, 0.29) is 6.23 Å². The smallest absolute Gasteiger partial charge is 0.154 e. The maximum Gasteiger partial charge on any atom is 0.154 e. The van der Waals surface area contributed by atoms with Crippen molar-refractivity contribution in [3.8, 4) is 0 Å². The van der Waals surface area contributed by atoms with Crippen molar-refractivity contribution in [2.45, 2.75) is 32.7 Å². The van der Waals surface area contributed by atoms with E-state index in [1.165, 1.54) is 0 Å². The molecule has 4 heteroatoms. The van der Waals surface area contributed by atoms with E-state index in [1.54, 1.807) is 0 Å². The Kier molecular flexibility index (Phi) is 4.27. The lowest BCUT2D eigenvalue weighted by Crippen LogP contribution is -2.36. The molecule has 0 radical (unpaired) electrons. The molecule has 2 atom stereocenters. The first-order chi connectivity index (χ1) is 10.3. The van der Waals surface area contributed by atoms with E-state index in [0.717, 1.165) is 24.5 Å². The topological polar surface area (TPSA) is 38.2 Å². The van der Waals surface area contributed by atoms with Crippen LogP contribution in [0.2, 0.25) is 0 Å². The molecule has 4 nitrogen and oxygen atoms in total. The van der Waals surface area contributed by atoms with Crippen LogP contribution in [0.15, 0.2) is 48.8 Å². The van der Waals surface area contributed by atoms with Crippen molar-refractivity contribution in [1.29, 1.82) is 0 Å². The van der Waals surface area contributed by atoms with Crippen LogP contribution in [0.4, 0.5) is 0 Å². The van der Waals surface area contributed by atoms with E-state index < -0.39 is 0 Å². The van der Waals surface area contributed by atoms with Gasteiger partial charge in [-0.25, -0.2) is 0 Å². The van der Waals surface area contributed by atoms with Gasteiger partial charge in [0.25, 0.3) is 0 Å². The molecule has 1 saturated heterocycles. The van der Waals surface area contributed by atoms with Gasteiger partial charge in [-0.2, -0.15) is 0 Å². The molecule has 0 saturated carbocycles. The van der Waals surface area contributed by atoms with Crippen molar-refractivity contribution < 1.29 is 4.74 Å². The van der Waals surface area contributed by atoms with Gasteiger partial charge >= 0.3 is 0 Å². The Bertz CT molecular complexity index is 559. The molecular weight excluding hydrogens is 262 g/mol. The molecule has 1 fully saturated rings. The summed E-state index contributed by atoms with van der Waals surface area (Å²) >= 11 is 0. The average Bonchev–Trinajstić information content (AvgIpc) is 2.93. The molecule has 2 aromatic rings. The van der Waals surface area contributed by atoms with Crippen LogP contribution in [-0.4, -0.2) is 27.5 Å². The lowest BCUT2D eigenvalue weighted by molar-refractivity contribution is 0.0183. The van der Waals surface area contributed by atoms with E-state index in [2.05, 4.69) is 34.8 Å². The number of ether oxygens (including phenoxy) is 1. The number of pyridine rings is 2. The first-order valence-electron chi connectivity index (χ1n) is 7.44. The van der Waals surface area contributed by atoms with Gasteiger partial charge in [0.1, 0.15) is 0 Å². The third kappa shape index (κ3) is 3.12. The number of rotatable bonds is 4. The molecule has 1 aliphatic heterocycles. The fourth-order valence-electron chi connectivity index (χ4n) is 2.79. The van der Waals surface area contributed by atoms with E-state index in [9.17, 15) is 0 Å². The van der Waals surface area contributed by atoms with Crippen molar-refractivity contribution in [3.63, 3.8) is 0 Å². The summed E-state index contributed by atoms with van der Waals surface area (Å²) in [5.41, 5.74) is 2.03.